The summed E-state index contributed by atoms with van der Waals surface area (Å²) in [4.78, 5) is 12.7. The minimum atomic E-state index is -0.489. The summed E-state index contributed by atoms with van der Waals surface area (Å²) < 4.78 is 4.62. The van der Waals surface area contributed by atoms with Gasteiger partial charge in [0.2, 0.25) is 5.52 Å². The summed E-state index contributed by atoms with van der Waals surface area (Å²) in [6.45, 7) is 1.65. The summed E-state index contributed by atoms with van der Waals surface area (Å²) >= 11 is 0. The summed E-state index contributed by atoms with van der Waals surface area (Å²) in [5, 5.41) is 21.4. The van der Waals surface area contributed by atoms with Gasteiger partial charge in [-0.25, -0.2) is 4.63 Å². The summed E-state index contributed by atoms with van der Waals surface area (Å²) in [7, 11) is 2.10. The Morgan fingerprint density at radius 2 is 2.20 bits per heavy atom. The van der Waals surface area contributed by atoms with Crippen molar-refractivity contribution in [3.8, 4) is 0 Å². The molecule has 20 heavy (non-hydrogen) atoms. The van der Waals surface area contributed by atoms with Gasteiger partial charge in [-0.1, -0.05) is 0 Å². The first-order valence-electron chi connectivity index (χ1n) is 6.50. The van der Waals surface area contributed by atoms with Crippen LogP contribution in [0.3, 0.4) is 0 Å². The van der Waals surface area contributed by atoms with E-state index in [0.29, 0.717) is 17.2 Å². The Hall–Kier alpha value is -2.22. The molecule has 0 bridgehead atoms. The molecule has 0 radical (unpaired) electrons. The molecule has 106 valence electrons. The summed E-state index contributed by atoms with van der Waals surface area (Å²) in [6, 6.07) is 3.77. The maximum atomic E-state index is 10.9. The molecule has 1 saturated carbocycles. The van der Waals surface area contributed by atoms with E-state index in [9.17, 15) is 10.1 Å². The zero-order valence-corrected chi connectivity index (χ0v) is 11.1. The molecule has 1 N–H and O–H groups in total. The molecule has 0 aliphatic heterocycles. The third-order valence-electron chi connectivity index (χ3n) is 3.54. The number of nitrogens with zero attached hydrogens (tertiary/aromatic N) is 4. The van der Waals surface area contributed by atoms with Crippen molar-refractivity contribution in [1.29, 1.82) is 0 Å². The zero-order chi connectivity index (χ0) is 14.1. The van der Waals surface area contributed by atoms with Crippen molar-refractivity contribution >= 4 is 22.4 Å². The molecule has 3 rings (SSSR count). The van der Waals surface area contributed by atoms with Crippen LogP contribution in [0.25, 0.3) is 11.0 Å². The Bertz CT molecular complexity index is 637. The predicted octanol–water partition coefficient (Wildman–Crippen LogP) is 1.64. The number of anilines is 1. The normalized spacial score (nSPS) is 14.9. The number of rotatable bonds is 6. The van der Waals surface area contributed by atoms with Crippen LogP contribution in [0.2, 0.25) is 0 Å². The number of nitro benzene ring substituents is 1. The predicted molar refractivity (Wildman–Crippen MR) is 72.6 cm³/mol. The topological polar surface area (TPSA) is 97.3 Å². The van der Waals surface area contributed by atoms with Gasteiger partial charge in [0, 0.05) is 25.2 Å². The first-order chi connectivity index (χ1) is 9.66. The number of benzene rings is 1. The van der Waals surface area contributed by atoms with Crippen LogP contribution in [0.4, 0.5) is 11.4 Å². The molecule has 1 fully saturated rings. The lowest BCUT2D eigenvalue weighted by atomic mass is 10.2. The van der Waals surface area contributed by atoms with E-state index >= 15 is 0 Å². The van der Waals surface area contributed by atoms with Crippen molar-refractivity contribution in [2.24, 2.45) is 0 Å². The van der Waals surface area contributed by atoms with E-state index < -0.39 is 4.92 Å². The highest BCUT2D eigenvalue weighted by Gasteiger charge is 2.25. The van der Waals surface area contributed by atoms with Crippen molar-refractivity contribution in [2.75, 3.05) is 25.5 Å². The molecular weight excluding hydrogens is 262 g/mol. The Labute approximate surface area is 114 Å². The van der Waals surface area contributed by atoms with E-state index in [1.54, 1.807) is 6.07 Å². The molecule has 1 aliphatic carbocycles. The van der Waals surface area contributed by atoms with Crippen LogP contribution in [0.5, 0.6) is 0 Å². The van der Waals surface area contributed by atoms with E-state index in [-0.39, 0.29) is 11.2 Å². The molecular formula is C12H15N5O3. The van der Waals surface area contributed by atoms with E-state index in [2.05, 4.69) is 32.2 Å². The number of hydrogen-bond acceptors (Lipinski definition) is 7. The fraction of sp³-hybridized carbons (Fsp3) is 0.500. The van der Waals surface area contributed by atoms with Crippen molar-refractivity contribution in [2.45, 2.75) is 18.9 Å². The summed E-state index contributed by atoms with van der Waals surface area (Å²) in [5.41, 5.74) is 1.18. The molecule has 1 aromatic heterocycles. The van der Waals surface area contributed by atoms with Crippen molar-refractivity contribution in [3.63, 3.8) is 0 Å². The van der Waals surface area contributed by atoms with Crippen molar-refractivity contribution < 1.29 is 9.55 Å². The Balaban J connectivity index is 1.73. The third kappa shape index (κ3) is 2.42. The van der Waals surface area contributed by atoms with Crippen molar-refractivity contribution in [1.82, 2.24) is 15.2 Å². The maximum Gasteiger partial charge on any atom is 0.300 e. The average Bonchev–Trinajstić information content (AvgIpc) is 3.16. The monoisotopic (exact) mass is 277 g/mol. The lowest BCUT2D eigenvalue weighted by Gasteiger charge is -2.16. The molecule has 0 spiro atoms. The summed E-state index contributed by atoms with van der Waals surface area (Å²) in [5.74, 6) is 0. The molecule has 0 saturated heterocycles. The number of hydrogen-bond donors (Lipinski definition) is 1. The molecule has 0 unspecified atom stereocenters. The molecule has 8 nitrogen and oxygen atoms in total. The van der Waals surface area contributed by atoms with E-state index in [1.165, 1.54) is 18.9 Å². The second-order valence-corrected chi connectivity index (χ2v) is 4.99. The highest BCUT2D eigenvalue weighted by atomic mass is 16.6. The molecule has 0 amide bonds. The molecule has 2 aromatic rings. The van der Waals surface area contributed by atoms with Crippen molar-refractivity contribution in [3.05, 3.63) is 22.2 Å². The lowest BCUT2D eigenvalue weighted by molar-refractivity contribution is -0.383. The quantitative estimate of drug-likeness (QED) is 0.633. The minimum Gasteiger partial charge on any atom is -0.382 e. The SMILES string of the molecule is CN(CCNc1ccc([N+](=O)[O-])c2nonc12)C1CC1. The molecule has 0 atom stereocenters. The fourth-order valence-corrected chi connectivity index (χ4v) is 2.21. The smallest absolute Gasteiger partial charge is 0.300 e. The van der Waals surface area contributed by atoms with E-state index in [4.69, 9.17) is 0 Å². The van der Waals surface area contributed by atoms with Crippen LogP contribution in [-0.4, -0.2) is 46.3 Å². The number of nitrogens with one attached hydrogen (secondary N) is 1. The number of fused-ring (bicyclic) bond motifs is 1. The highest BCUT2D eigenvalue weighted by molar-refractivity contribution is 5.93. The van der Waals surface area contributed by atoms with Gasteiger partial charge in [0.1, 0.15) is 0 Å². The van der Waals surface area contributed by atoms with Gasteiger partial charge in [0.05, 0.1) is 10.6 Å². The van der Waals surface area contributed by atoms with E-state index in [1.807, 2.05) is 0 Å². The van der Waals surface area contributed by atoms with Crippen LogP contribution < -0.4 is 5.32 Å². The Kier molecular flexibility index (Phi) is 3.23. The highest BCUT2D eigenvalue weighted by Crippen LogP contribution is 2.29. The van der Waals surface area contributed by atoms with Crippen LogP contribution in [0.15, 0.2) is 16.8 Å². The van der Waals surface area contributed by atoms with E-state index in [0.717, 1.165) is 13.1 Å². The van der Waals surface area contributed by atoms with Crippen LogP contribution in [-0.2, 0) is 0 Å². The molecule has 8 heteroatoms. The molecule has 1 aromatic carbocycles. The van der Waals surface area contributed by atoms with Gasteiger partial charge in [-0.15, -0.1) is 0 Å². The fourth-order valence-electron chi connectivity index (χ4n) is 2.21. The minimum absolute atomic E-state index is 0.0955. The van der Waals surface area contributed by atoms with Gasteiger partial charge in [0.15, 0.2) is 5.52 Å². The van der Waals surface area contributed by atoms with Gasteiger partial charge in [0.25, 0.3) is 0 Å². The number of likely N-dealkylation sites (N-methyl/N-ethyl adjacent to an activating group) is 1. The second-order valence-electron chi connectivity index (χ2n) is 4.99. The van der Waals surface area contributed by atoms with Gasteiger partial charge >= 0.3 is 5.69 Å². The average molecular weight is 277 g/mol. The maximum absolute atomic E-state index is 10.9. The summed E-state index contributed by atoms with van der Waals surface area (Å²) in [6.07, 6.45) is 2.54. The van der Waals surface area contributed by atoms with Crippen LogP contribution >= 0.6 is 0 Å². The zero-order valence-electron chi connectivity index (χ0n) is 11.1. The first kappa shape index (κ1) is 12.8. The Morgan fingerprint density at radius 3 is 2.90 bits per heavy atom. The second kappa shape index (κ2) is 5.04. The van der Waals surface area contributed by atoms with Gasteiger partial charge < -0.3 is 10.2 Å². The van der Waals surface area contributed by atoms with Crippen LogP contribution in [0.1, 0.15) is 12.8 Å². The lowest BCUT2D eigenvalue weighted by Crippen LogP contribution is -2.27. The standard InChI is InChI=1S/C12H15N5O3/c1-16(8-2-3-8)7-6-13-9-4-5-10(17(18)19)12-11(9)14-20-15-12/h4-5,8,13H,2-3,6-7H2,1H3. The van der Waals surface area contributed by atoms with Crippen LogP contribution in [0, 0.1) is 10.1 Å². The molecule has 1 heterocycles. The van der Waals surface area contributed by atoms with Gasteiger partial charge in [-0.05, 0) is 36.3 Å². The third-order valence-corrected chi connectivity index (χ3v) is 3.54. The number of nitro groups is 1. The number of aromatic nitrogens is 2. The largest absolute Gasteiger partial charge is 0.382 e. The Morgan fingerprint density at radius 1 is 1.45 bits per heavy atom. The first-order valence-corrected chi connectivity index (χ1v) is 6.50. The van der Waals surface area contributed by atoms with Gasteiger partial charge in [-0.2, -0.15) is 0 Å². The number of non-ortho nitro benzene ring substituents is 1. The van der Waals surface area contributed by atoms with Gasteiger partial charge in [-0.3, -0.25) is 10.1 Å². The molecule has 1 aliphatic rings.